The van der Waals surface area contributed by atoms with Crippen LogP contribution in [0.25, 0.3) is 0 Å². The molecule has 0 atom stereocenters. The molecule has 0 unspecified atom stereocenters. The van der Waals surface area contributed by atoms with Gasteiger partial charge in [0.1, 0.15) is 0 Å². The second kappa shape index (κ2) is 10.1. The Morgan fingerprint density at radius 2 is 1.00 bits per heavy atom. The van der Waals surface area contributed by atoms with Crippen LogP contribution in [0.15, 0.2) is 0 Å². The topological polar surface area (TPSA) is 127 Å². The first-order valence-corrected chi connectivity index (χ1v) is 1.13. The van der Waals surface area contributed by atoms with Gasteiger partial charge in [0, 0.05) is 0 Å². The molecular weight excluding hydrogens is 230 g/mol. The van der Waals surface area contributed by atoms with E-state index in [0.717, 1.165) is 0 Å². The summed E-state index contributed by atoms with van der Waals surface area (Å²) in [5.74, 6) is 0. The van der Waals surface area contributed by atoms with E-state index in [1.807, 2.05) is 0 Å². The molecule has 0 fully saturated rings. The molecular formula is H2N2O6Pd+2. The van der Waals surface area contributed by atoms with Crippen LogP contribution in [0.1, 0.15) is 0 Å². The van der Waals surface area contributed by atoms with Gasteiger partial charge in [0.2, 0.25) is 0 Å². The summed E-state index contributed by atoms with van der Waals surface area (Å²) in [6.45, 7) is 0. The van der Waals surface area contributed by atoms with E-state index in [1.54, 1.807) is 0 Å². The van der Waals surface area contributed by atoms with Crippen molar-refractivity contribution in [3.05, 3.63) is 20.2 Å². The molecule has 9 heteroatoms. The van der Waals surface area contributed by atoms with E-state index in [0.29, 0.717) is 0 Å². The normalized spacial score (nSPS) is 5.33. The van der Waals surface area contributed by atoms with Gasteiger partial charge in [-0.2, -0.15) is 0 Å². The van der Waals surface area contributed by atoms with Crippen LogP contribution in [-0.4, -0.2) is 20.6 Å². The van der Waals surface area contributed by atoms with Crippen molar-refractivity contribution in [2.45, 2.75) is 0 Å². The summed E-state index contributed by atoms with van der Waals surface area (Å²) >= 11 is 0. The van der Waals surface area contributed by atoms with Crippen molar-refractivity contribution in [1.82, 2.24) is 0 Å². The first-order chi connectivity index (χ1) is 3.46. The Bertz CT molecular complexity index is 69.1. The van der Waals surface area contributed by atoms with E-state index < -0.39 is 10.2 Å². The molecule has 56 valence electrons. The van der Waals surface area contributed by atoms with Gasteiger partial charge < -0.3 is 10.4 Å². The molecule has 0 aromatic carbocycles. The first kappa shape index (κ1) is 15.7. The zero-order valence-corrected chi connectivity index (χ0v) is 5.29. The summed E-state index contributed by atoms with van der Waals surface area (Å²) < 4.78 is 0. The molecule has 0 aliphatic carbocycles. The monoisotopic (exact) mass is 232 g/mol. The second-order valence-electron chi connectivity index (χ2n) is 0.476. The maximum absolute atomic E-state index is 8.36. The number of hydrogen-bond donors (Lipinski definition) is 2. The summed E-state index contributed by atoms with van der Waals surface area (Å²) in [6.07, 6.45) is 0. The van der Waals surface area contributed by atoms with Crippen LogP contribution in [0.5, 0.6) is 0 Å². The Morgan fingerprint density at radius 3 is 1.00 bits per heavy atom. The van der Waals surface area contributed by atoms with Crippen molar-refractivity contribution in [1.29, 1.82) is 0 Å². The van der Waals surface area contributed by atoms with Gasteiger partial charge in [-0.3, -0.25) is 0 Å². The minimum atomic E-state index is -1.50. The standard InChI is InChI=1S/2HNO3.Pd/c2*2-1(3)4;/h2*(H,2,3,4);/q;;+2. The Morgan fingerprint density at radius 1 is 1.00 bits per heavy atom. The van der Waals surface area contributed by atoms with Gasteiger partial charge in [0.15, 0.2) is 0 Å². The fraction of sp³-hybridized carbons (Fsp3) is 0. The van der Waals surface area contributed by atoms with Crippen LogP contribution in [0, 0.1) is 20.2 Å². The van der Waals surface area contributed by atoms with Crippen molar-refractivity contribution in [2.75, 3.05) is 0 Å². The van der Waals surface area contributed by atoms with Gasteiger partial charge in [-0.25, -0.2) is 0 Å². The zero-order valence-electron chi connectivity index (χ0n) is 3.74. The van der Waals surface area contributed by atoms with Crippen molar-refractivity contribution in [2.24, 2.45) is 0 Å². The minimum Gasteiger partial charge on any atom is -0.328 e. The summed E-state index contributed by atoms with van der Waals surface area (Å²) in [4.78, 5) is 16.7. The third-order valence-corrected chi connectivity index (χ3v) is 0. The number of hydrogen-bond acceptors (Lipinski definition) is 4. The molecule has 0 heterocycles. The summed E-state index contributed by atoms with van der Waals surface area (Å²) in [6, 6.07) is 0. The maximum atomic E-state index is 8.36. The molecule has 0 spiro atoms. The maximum Gasteiger partial charge on any atom is 2.00 e. The van der Waals surface area contributed by atoms with Crippen LogP contribution < -0.4 is 0 Å². The summed E-state index contributed by atoms with van der Waals surface area (Å²) in [7, 11) is 0. The molecule has 0 amide bonds. The predicted molar refractivity (Wildman–Crippen MR) is 17.6 cm³/mol. The third kappa shape index (κ3) is 206. The van der Waals surface area contributed by atoms with Crippen molar-refractivity contribution in [3.63, 3.8) is 0 Å². The Hall–Kier alpha value is -0.938. The molecule has 0 aromatic rings. The molecule has 0 aliphatic heterocycles. The minimum absolute atomic E-state index is 0. The van der Waals surface area contributed by atoms with E-state index in [-0.39, 0.29) is 20.4 Å². The van der Waals surface area contributed by atoms with E-state index in [4.69, 9.17) is 30.6 Å². The fourth-order valence-corrected chi connectivity index (χ4v) is 0. The van der Waals surface area contributed by atoms with Crippen LogP contribution >= 0.6 is 0 Å². The van der Waals surface area contributed by atoms with Gasteiger partial charge in [-0.05, 0) is 0 Å². The van der Waals surface area contributed by atoms with E-state index in [9.17, 15) is 0 Å². The third-order valence-electron chi connectivity index (χ3n) is 0. The van der Waals surface area contributed by atoms with E-state index in [1.165, 1.54) is 0 Å². The average molecular weight is 232 g/mol. The number of rotatable bonds is 0. The molecule has 0 aromatic heterocycles. The smallest absolute Gasteiger partial charge is 0.328 e. The van der Waals surface area contributed by atoms with Gasteiger partial charge in [-0.15, -0.1) is 20.2 Å². The first-order valence-electron chi connectivity index (χ1n) is 1.13. The SMILES string of the molecule is O=[N+]([O-])O.O=[N+]([O-])O.[Pd+2]. The van der Waals surface area contributed by atoms with Gasteiger partial charge in [0.05, 0.1) is 0 Å². The molecule has 9 heavy (non-hydrogen) atoms. The zero-order chi connectivity index (χ0) is 7.15. The largest absolute Gasteiger partial charge is 2.00 e. The molecule has 0 bridgehead atoms. The molecule has 0 aliphatic rings. The fourth-order valence-electron chi connectivity index (χ4n) is 0. The van der Waals surface area contributed by atoms with Gasteiger partial charge in [-0.1, -0.05) is 0 Å². The second-order valence-corrected chi connectivity index (χ2v) is 0.476. The van der Waals surface area contributed by atoms with Crippen LogP contribution in [0.4, 0.5) is 0 Å². The average Bonchev–Trinajstić information content (AvgIpc) is 1.25. The van der Waals surface area contributed by atoms with Crippen molar-refractivity contribution >= 4 is 0 Å². The molecule has 0 saturated heterocycles. The molecule has 0 radical (unpaired) electrons. The Balaban J connectivity index is -0.0000000720. The van der Waals surface area contributed by atoms with Crippen LogP contribution in [0.3, 0.4) is 0 Å². The predicted octanol–water partition coefficient (Wildman–Crippen LogP) is -0.698. The molecule has 0 rings (SSSR count). The molecule has 8 nitrogen and oxygen atoms in total. The quantitative estimate of drug-likeness (QED) is 0.323. The van der Waals surface area contributed by atoms with Crippen LogP contribution in [-0.2, 0) is 20.4 Å². The van der Waals surface area contributed by atoms with E-state index in [2.05, 4.69) is 0 Å². The summed E-state index contributed by atoms with van der Waals surface area (Å²) in [5.41, 5.74) is 0. The van der Waals surface area contributed by atoms with Crippen molar-refractivity contribution < 1.29 is 41.0 Å². The number of nitrogens with zero attached hydrogens (tertiary/aromatic N) is 2. The Labute approximate surface area is 62.0 Å². The van der Waals surface area contributed by atoms with Crippen molar-refractivity contribution in [3.8, 4) is 0 Å². The summed E-state index contributed by atoms with van der Waals surface area (Å²) in [5, 5.41) is 27.3. The van der Waals surface area contributed by atoms with Gasteiger partial charge >= 0.3 is 20.4 Å². The molecule has 2 N–H and O–H groups in total. The van der Waals surface area contributed by atoms with E-state index >= 15 is 0 Å². The molecule has 0 saturated carbocycles. The van der Waals surface area contributed by atoms with Crippen LogP contribution in [0.2, 0.25) is 0 Å². The van der Waals surface area contributed by atoms with Gasteiger partial charge in [0.25, 0.3) is 10.2 Å². The Kier molecular flexibility index (Phi) is 17.7.